The minimum Gasteiger partial charge on any atom is -0.507 e. The molecule has 0 aliphatic carbocycles. The van der Waals surface area contributed by atoms with E-state index in [1.807, 2.05) is 104 Å². The number of phenolic OH excluding ortho intramolecular Hbond substituents is 2. The molecular formula is C41H38N6O4. The Bertz CT molecular complexity index is 2180. The molecule has 2 heterocycles. The van der Waals surface area contributed by atoms with Crippen molar-refractivity contribution < 1.29 is 20.0 Å². The summed E-state index contributed by atoms with van der Waals surface area (Å²) in [5.41, 5.74) is 5.65. The zero-order valence-electron chi connectivity index (χ0n) is 28.5. The number of hydrogen-bond acceptors (Lipinski definition) is 9. The number of unbranched alkanes of at least 4 members (excludes halogenated alkanes) is 3. The number of nitrogens with zero attached hydrogens (tertiary/aromatic N) is 6. The van der Waals surface area contributed by atoms with Gasteiger partial charge in [0.2, 0.25) is 0 Å². The quantitative estimate of drug-likeness (QED) is 0.0698. The molecule has 51 heavy (non-hydrogen) atoms. The van der Waals surface area contributed by atoms with Crippen molar-refractivity contribution in [3.8, 4) is 57.1 Å². The van der Waals surface area contributed by atoms with Gasteiger partial charge < -0.3 is 15.1 Å². The average Bonchev–Trinajstić information content (AvgIpc) is 3.60. The summed E-state index contributed by atoms with van der Waals surface area (Å²) in [5, 5.41) is 32.9. The largest absolute Gasteiger partial charge is 0.507 e. The van der Waals surface area contributed by atoms with Gasteiger partial charge in [-0.3, -0.25) is 0 Å². The Hall–Kier alpha value is -6.13. The number of phenols is 2. The van der Waals surface area contributed by atoms with E-state index < -0.39 is 0 Å². The molecule has 5 aromatic carbocycles. The molecule has 10 nitrogen and oxygen atoms in total. The number of hydrogen-bond donors (Lipinski definition) is 2. The molecule has 7 aromatic rings. The zero-order chi connectivity index (χ0) is 35.2. The van der Waals surface area contributed by atoms with Gasteiger partial charge in [-0.15, -0.1) is 15.0 Å². The maximum absolute atomic E-state index is 12.1. The monoisotopic (exact) mass is 678 g/mol. The summed E-state index contributed by atoms with van der Waals surface area (Å²) in [6.07, 6.45) is 4.19. The van der Waals surface area contributed by atoms with Gasteiger partial charge in [-0.25, -0.2) is 15.0 Å². The maximum atomic E-state index is 12.1. The Morgan fingerprint density at radius 2 is 1.25 bits per heavy atom. The third kappa shape index (κ3) is 7.41. The Morgan fingerprint density at radius 3 is 1.88 bits per heavy atom. The minimum absolute atomic E-state index is 0.0185. The smallest absolute Gasteiger partial charge is 0.172 e. The molecule has 0 aliphatic rings. The second kappa shape index (κ2) is 15.2. The van der Waals surface area contributed by atoms with Crippen molar-refractivity contribution in [3.05, 3.63) is 126 Å². The van der Waals surface area contributed by atoms with Crippen LogP contribution in [0.2, 0.25) is 0 Å². The number of aryl methyl sites for hydroxylation is 1. The number of aromatic nitrogens is 6. The van der Waals surface area contributed by atoms with Gasteiger partial charge in [0.05, 0.1) is 12.2 Å². The lowest BCUT2D eigenvalue weighted by molar-refractivity contribution is -0.207. The van der Waals surface area contributed by atoms with E-state index in [1.54, 1.807) is 12.1 Å². The molecule has 0 saturated carbocycles. The van der Waals surface area contributed by atoms with Crippen LogP contribution in [0.4, 0.5) is 0 Å². The van der Waals surface area contributed by atoms with Gasteiger partial charge in [0, 0.05) is 28.7 Å². The molecule has 0 radical (unpaired) electrons. The van der Waals surface area contributed by atoms with Gasteiger partial charge in [0.15, 0.2) is 23.2 Å². The van der Waals surface area contributed by atoms with E-state index in [9.17, 15) is 10.2 Å². The number of fused-ring (bicyclic) bond motifs is 1. The molecule has 2 aromatic heterocycles. The third-order valence-corrected chi connectivity index (χ3v) is 8.59. The van der Waals surface area contributed by atoms with Crippen LogP contribution in [0.25, 0.3) is 50.9 Å². The molecule has 7 rings (SSSR count). The average molecular weight is 679 g/mol. The fraction of sp³-hybridized carbons (Fsp3) is 0.195. The van der Waals surface area contributed by atoms with Crippen LogP contribution in [0, 0.1) is 6.92 Å². The lowest BCUT2D eigenvalue weighted by atomic mass is 9.97. The van der Waals surface area contributed by atoms with Gasteiger partial charge in [-0.1, -0.05) is 105 Å². The van der Waals surface area contributed by atoms with Crippen molar-refractivity contribution in [2.45, 2.75) is 46.0 Å². The molecule has 10 heteroatoms. The van der Waals surface area contributed by atoms with E-state index in [1.165, 1.54) is 4.80 Å². The summed E-state index contributed by atoms with van der Waals surface area (Å²) in [5.74, 6) is 1.42. The number of aromatic hydroxyl groups is 2. The Balaban J connectivity index is 1.32. The first-order valence-electron chi connectivity index (χ1n) is 17.1. The molecule has 0 saturated heterocycles. The molecule has 0 fully saturated rings. The van der Waals surface area contributed by atoms with Gasteiger partial charge >= 0.3 is 0 Å². The van der Waals surface area contributed by atoms with Crippen LogP contribution in [0.3, 0.4) is 0 Å². The van der Waals surface area contributed by atoms with Crippen molar-refractivity contribution >= 4 is 11.0 Å². The molecule has 256 valence electrons. The molecule has 0 spiro atoms. The third-order valence-electron chi connectivity index (χ3n) is 8.59. The van der Waals surface area contributed by atoms with Crippen molar-refractivity contribution in [3.63, 3.8) is 0 Å². The molecule has 2 N–H and O–H groups in total. The van der Waals surface area contributed by atoms with E-state index in [0.717, 1.165) is 42.4 Å². The van der Waals surface area contributed by atoms with Crippen LogP contribution < -0.4 is 4.89 Å². The van der Waals surface area contributed by atoms with E-state index in [0.29, 0.717) is 57.4 Å². The first kappa shape index (κ1) is 33.4. The maximum Gasteiger partial charge on any atom is 0.172 e. The van der Waals surface area contributed by atoms with E-state index in [-0.39, 0.29) is 23.7 Å². The summed E-state index contributed by atoms with van der Waals surface area (Å²) < 4.78 is 0. The highest BCUT2D eigenvalue weighted by Crippen LogP contribution is 2.41. The Morgan fingerprint density at radius 1 is 0.647 bits per heavy atom. The molecule has 0 aliphatic heterocycles. The van der Waals surface area contributed by atoms with Gasteiger partial charge in [-0.05, 0) is 49.2 Å². The first-order valence-corrected chi connectivity index (χ1v) is 17.1. The summed E-state index contributed by atoms with van der Waals surface area (Å²) in [4.78, 5) is 27.4. The Kier molecular flexibility index (Phi) is 9.94. The first-order chi connectivity index (χ1) is 25.0. The highest BCUT2D eigenvalue weighted by atomic mass is 17.2. The van der Waals surface area contributed by atoms with Crippen LogP contribution in [-0.4, -0.2) is 46.8 Å². The predicted octanol–water partition coefficient (Wildman–Crippen LogP) is 8.81. The van der Waals surface area contributed by atoms with Crippen LogP contribution in [0.1, 0.15) is 49.3 Å². The Labute approximate surface area is 296 Å². The molecule has 0 bridgehead atoms. The second-order valence-corrected chi connectivity index (χ2v) is 12.4. The summed E-state index contributed by atoms with van der Waals surface area (Å²) in [7, 11) is 0. The zero-order valence-corrected chi connectivity index (χ0v) is 28.5. The normalized spacial score (nSPS) is 11.3. The highest BCUT2D eigenvalue weighted by molar-refractivity contribution is 5.75. The fourth-order valence-electron chi connectivity index (χ4n) is 5.95. The lowest BCUT2D eigenvalue weighted by Gasteiger charge is -2.17. The van der Waals surface area contributed by atoms with Crippen molar-refractivity contribution in [2.24, 2.45) is 0 Å². The van der Waals surface area contributed by atoms with Crippen LogP contribution in [0.5, 0.6) is 17.2 Å². The number of rotatable bonds is 13. The summed E-state index contributed by atoms with van der Waals surface area (Å²) in [6.45, 7) is 4.49. The van der Waals surface area contributed by atoms with E-state index >= 15 is 0 Å². The van der Waals surface area contributed by atoms with Gasteiger partial charge in [-0.2, -0.15) is 4.89 Å². The van der Waals surface area contributed by atoms with Crippen molar-refractivity contribution in [1.82, 2.24) is 29.9 Å². The molecule has 0 atom stereocenters. The van der Waals surface area contributed by atoms with E-state index in [2.05, 4.69) is 17.1 Å². The van der Waals surface area contributed by atoms with Crippen LogP contribution >= 0.6 is 0 Å². The fourth-order valence-corrected chi connectivity index (χ4v) is 5.95. The summed E-state index contributed by atoms with van der Waals surface area (Å²) in [6, 6.07) is 34.0. The molecule has 0 amide bonds. The summed E-state index contributed by atoms with van der Waals surface area (Å²) >= 11 is 0. The highest BCUT2D eigenvalue weighted by Gasteiger charge is 2.23. The van der Waals surface area contributed by atoms with Crippen LogP contribution in [-0.2, 0) is 11.3 Å². The van der Waals surface area contributed by atoms with Crippen LogP contribution in [0.15, 0.2) is 109 Å². The van der Waals surface area contributed by atoms with Crippen molar-refractivity contribution in [2.75, 3.05) is 6.61 Å². The second-order valence-electron chi connectivity index (χ2n) is 12.4. The lowest BCUT2D eigenvalue weighted by Crippen LogP contribution is -2.06. The molecular weight excluding hydrogens is 640 g/mol. The van der Waals surface area contributed by atoms with Gasteiger partial charge in [0.1, 0.15) is 28.2 Å². The SMILES string of the molecule is CCCCCCOOc1ccc(-c2nc(-c3ccccc3)nc(-c3ccccc3)n2)c(O)c1Cc1cc(C)cc(-n2nc3ccccc3n2)c1O. The van der Waals surface area contributed by atoms with Crippen molar-refractivity contribution in [1.29, 1.82) is 0 Å². The molecule has 0 unspecified atom stereocenters. The van der Waals surface area contributed by atoms with Gasteiger partial charge in [0.25, 0.3) is 0 Å². The minimum atomic E-state index is -0.100. The predicted molar refractivity (Wildman–Crippen MR) is 197 cm³/mol. The number of benzene rings is 5. The topological polar surface area (TPSA) is 128 Å². The van der Waals surface area contributed by atoms with E-state index in [4.69, 9.17) is 24.7 Å². The standard InChI is InChI=1S/C41H38N6O4/c1-3-4-5-14-23-50-51-36-22-21-31(41-43-39(28-15-8-6-9-16-28)42-40(44-41)29-17-10-7-11-18-29)38(49)32(36)26-30-24-27(2)25-35(37(30)48)47-45-33-19-12-13-20-34(33)46-47/h6-13,15-22,24-25,48-49H,3-5,14,23,26H2,1-2H3.